The average Bonchev–Trinajstić information content (AvgIpc) is 2.48. The van der Waals surface area contributed by atoms with E-state index in [9.17, 15) is 9.59 Å². The molecule has 2 fully saturated rings. The molecule has 2 atom stereocenters. The quantitative estimate of drug-likeness (QED) is 0.497. The number of aliphatic hydroxyl groups is 1. The van der Waals surface area contributed by atoms with Crippen molar-refractivity contribution in [3.8, 4) is 0 Å². The van der Waals surface area contributed by atoms with Crippen LogP contribution in [0.15, 0.2) is 24.5 Å². The lowest BCUT2D eigenvalue weighted by molar-refractivity contribution is -0.176. The van der Waals surface area contributed by atoms with Gasteiger partial charge in [-0.15, -0.1) is 0 Å². The topological polar surface area (TPSA) is 87.1 Å². The van der Waals surface area contributed by atoms with Gasteiger partial charge in [0.15, 0.2) is 6.04 Å². The zero-order chi connectivity index (χ0) is 11.9. The van der Waals surface area contributed by atoms with E-state index in [1.54, 1.807) is 0 Å². The fourth-order valence-electron chi connectivity index (χ4n) is 2.03. The van der Waals surface area contributed by atoms with E-state index in [0.717, 1.165) is 4.90 Å². The molecule has 86 valence electrons. The largest absolute Gasteiger partial charge is 0.479 e. The predicted molar refractivity (Wildman–Crippen MR) is 52.1 cm³/mol. The van der Waals surface area contributed by atoms with Crippen LogP contribution in [0.3, 0.4) is 0 Å². The Labute approximate surface area is 91.4 Å². The van der Waals surface area contributed by atoms with Crippen LogP contribution in [0, 0.1) is 0 Å². The average molecular weight is 225 g/mol. The first-order valence-electron chi connectivity index (χ1n) is 4.74. The number of carboxylic acids is 1. The lowest BCUT2D eigenvalue weighted by Crippen LogP contribution is -2.63. The van der Waals surface area contributed by atoms with Crippen LogP contribution in [0.4, 0.5) is 0 Å². The van der Waals surface area contributed by atoms with E-state index < -0.39 is 17.7 Å². The summed E-state index contributed by atoms with van der Waals surface area (Å²) in [5.41, 5.74) is -1.04. The highest BCUT2D eigenvalue weighted by Crippen LogP contribution is 2.46. The molecule has 0 aliphatic carbocycles. The summed E-state index contributed by atoms with van der Waals surface area (Å²) in [6.07, 6.45) is 2.74. The first-order valence-corrected chi connectivity index (χ1v) is 4.74. The standard InChI is InChI=1S/C10H11NO5/c1-2-10-5-7(13)11(10)8(9(14)15)6(16-10)3-4-12/h2-3,8,12H,1,4-5H2,(H,14,15)/b6-3-/t8-,10-/m1/s1. The van der Waals surface area contributed by atoms with Gasteiger partial charge in [-0.25, -0.2) is 4.79 Å². The van der Waals surface area contributed by atoms with Crippen LogP contribution in [0.2, 0.25) is 0 Å². The highest BCUT2D eigenvalue weighted by Gasteiger charge is 2.63. The summed E-state index contributed by atoms with van der Waals surface area (Å²) in [4.78, 5) is 23.6. The van der Waals surface area contributed by atoms with Gasteiger partial charge in [-0.05, 0) is 12.2 Å². The van der Waals surface area contributed by atoms with Crippen LogP contribution >= 0.6 is 0 Å². The van der Waals surface area contributed by atoms with Crippen molar-refractivity contribution < 1.29 is 24.5 Å². The number of carbonyl (C=O) groups excluding carboxylic acids is 1. The van der Waals surface area contributed by atoms with E-state index in [2.05, 4.69) is 6.58 Å². The first kappa shape index (κ1) is 10.7. The maximum atomic E-state index is 11.4. The number of ether oxygens (including phenoxy) is 1. The number of aliphatic carboxylic acids is 1. The third-order valence-corrected chi connectivity index (χ3v) is 2.75. The number of nitrogens with zero attached hydrogens (tertiary/aromatic N) is 1. The summed E-state index contributed by atoms with van der Waals surface area (Å²) in [7, 11) is 0. The molecule has 0 bridgehead atoms. The van der Waals surface area contributed by atoms with Crippen LogP contribution in [0.5, 0.6) is 0 Å². The number of hydrogen-bond acceptors (Lipinski definition) is 4. The van der Waals surface area contributed by atoms with Gasteiger partial charge in [-0.3, -0.25) is 9.69 Å². The maximum Gasteiger partial charge on any atom is 0.334 e. The normalized spacial score (nSPS) is 34.3. The molecule has 6 heteroatoms. The van der Waals surface area contributed by atoms with Crippen LogP contribution in [0.25, 0.3) is 0 Å². The van der Waals surface area contributed by atoms with Gasteiger partial charge in [-0.1, -0.05) is 6.58 Å². The smallest absolute Gasteiger partial charge is 0.334 e. The Morgan fingerprint density at radius 3 is 2.88 bits per heavy atom. The molecule has 0 aromatic rings. The van der Waals surface area contributed by atoms with Crippen molar-refractivity contribution in [3.63, 3.8) is 0 Å². The molecule has 2 aliphatic rings. The van der Waals surface area contributed by atoms with E-state index in [0.29, 0.717) is 0 Å². The molecule has 2 heterocycles. The van der Waals surface area contributed by atoms with Crippen LogP contribution in [-0.2, 0) is 14.3 Å². The highest BCUT2D eigenvalue weighted by atomic mass is 16.5. The zero-order valence-electron chi connectivity index (χ0n) is 8.42. The molecule has 16 heavy (non-hydrogen) atoms. The minimum Gasteiger partial charge on any atom is -0.479 e. The van der Waals surface area contributed by atoms with Crippen molar-refractivity contribution in [1.82, 2.24) is 4.90 Å². The molecule has 6 nitrogen and oxygen atoms in total. The van der Waals surface area contributed by atoms with Gasteiger partial charge >= 0.3 is 5.97 Å². The van der Waals surface area contributed by atoms with E-state index in [1.807, 2.05) is 0 Å². The monoisotopic (exact) mass is 225 g/mol. The molecule has 2 rings (SSSR count). The van der Waals surface area contributed by atoms with Gasteiger partial charge in [0.2, 0.25) is 11.6 Å². The molecular weight excluding hydrogens is 214 g/mol. The fraction of sp³-hybridized carbons (Fsp3) is 0.400. The minimum atomic E-state index is -1.18. The Bertz CT molecular complexity index is 402. The summed E-state index contributed by atoms with van der Waals surface area (Å²) < 4.78 is 5.39. The second-order valence-corrected chi connectivity index (χ2v) is 3.62. The summed E-state index contributed by atoms with van der Waals surface area (Å²) in [6.45, 7) is 3.20. The molecule has 0 aromatic carbocycles. The molecule has 0 aromatic heterocycles. The van der Waals surface area contributed by atoms with Crippen LogP contribution in [0.1, 0.15) is 6.42 Å². The highest BCUT2D eigenvalue weighted by molar-refractivity contribution is 5.93. The van der Waals surface area contributed by atoms with Crippen molar-refractivity contribution >= 4 is 11.9 Å². The number of amides is 1. The predicted octanol–water partition coefficient (Wildman–Crippen LogP) is -0.539. The van der Waals surface area contributed by atoms with E-state index >= 15 is 0 Å². The van der Waals surface area contributed by atoms with Gasteiger partial charge in [-0.2, -0.15) is 0 Å². The van der Waals surface area contributed by atoms with Crippen LogP contribution < -0.4 is 0 Å². The van der Waals surface area contributed by atoms with Gasteiger partial charge in [0.25, 0.3) is 0 Å². The Hall–Kier alpha value is -1.82. The number of carbonyl (C=O) groups is 2. The summed E-state index contributed by atoms with van der Waals surface area (Å²) >= 11 is 0. The van der Waals surface area contributed by atoms with Gasteiger partial charge in [0, 0.05) is 0 Å². The van der Waals surface area contributed by atoms with Gasteiger partial charge in [0.05, 0.1) is 13.0 Å². The number of hydrogen-bond donors (Lipinski definition) is 2. The van der Waals surface area contributed by atoms with Crippen molar-refractivity contribution in [2.45, 2.75) is 18.2 Å². The van der Waals surface area contributed by atoms with Crippen molar-refractivity contribution in [1.29, 1.82) is 0 Å². The van der Waals surface area contributed by atoms with E-state index in [4.69, 9.17) is 14.9 Å². The van der Waals surface area contributed by atoms with Crippen molar-refractivity contribution in [3.05, 3.63) is 24.5 Å². The summed E-state index contributed by atoms with van der Waals surface area (Å²) in [5, 5.41) is 17.8. The molecule has 0 unspecified atom stereocenters. The van der Waals surface area contributed by atoms with Crippen molar-refractivity contribution in [2.75, 3.05) is 6.61 Å². The third-order valence-electron chi connectivity index (χ3n) is 2.75. The molecule has 0 radical (unpaired) electrons. The Kier molecular flexibility index (Phi) is 2.23. The molecule has 2 N–H and O–H groups in total. The van der Waals surface area contributed by atoms with E-state index in [1.165, 1.54) is 12.2 Å². The second kappa shape index (κ2) is 3.34. The lowest BCUT2D eigenvalue weighted by atomic mass is 9.96. The van der Waals surface area contributed by atoms with E-state index in [-0.39, 0.29) is 24.7 Å². The number of β-lactam (4-membered cyclic amide) rings is 1. The lowest BCUT2D eigenvalue weighted by Gasteiger charge is -2.43. The maximum absolute atomic E-state index is 11.4. The Morgan fingerprint density at radius 1 is 1.75 bits per heavy atom. The number of fused-ring (bicyclic) bond motifs is 1. The summed E-state index contributed by atoms with van der Waals surface area (Å²) in [6, 6.07) is -1.16. The third kappa shape index (κ3) is 1.16. The number of carboxylic acid groups (broad SMARTS) is 1. The zero-order valence-corrected chi connectivity index (χ0v) is 8.42. The summed E-state index contributed by atoms with van der Waals surface area (Å²) in [5.74, 6) is -1.40. The SMILES string of the molecule is C=C[C@@]12CC(=O)N1[C@@H](C(=O)O)/C(=C/CO)O2. The second-order valence-electron chi connectivity index (χ2n) is 3.62. The first-order chi connectivity index (χ1) is 7.55. The Morgan fingerprint density at radius 2 is 2.44 bits per heavy atom. The molecule has 1 amide bonds. The van der Waals surface area contributed by atoms with Crippen molar-refractivity contribution in [2.24, 2.45) is 0 Å². The van der Waals surface area contributed by atoms with Gasteiger partial charge in [0.1, 0.15) is 5.76 Å². The molecular formula is C10H11NO5. The fourth-order valence-corrected chi connectivity index (χ4v) is 2.03. The molecule has 2 saturated heterocycles. The number of rotatable bonds is 3. The Balaban J connectivity index is 2.40. The number of aliphatic hydroxyl groups excluding tert-OH is 1. The van der Waals surface area contributed by atoms with Crippen LogP contribution in [-0.4, -0.2) is 45.4 Å². The van der Waals surface area contributed by atoms with Gasteiger partial charge < -0.3 is 14.9 Å². The minimum absolute atomic E-state index is 0.0840. The molecule has 0 saturated carbocycles. The molecule has 0 spiro atoms. The molecule has 2 aliphatic heterocycles.